The molecule has 0 bridgehead atoms. The number of halogens is 1. The lowest BCUT2D eigenvalue weighted by atomic mass is 10.1. The lowest BCUT2D eigenvalue weighted by Gasteiger charge is -2.32. The Balaban J connectivity index is 2.02. The van der Waals surface area contributed by atoms with E-state index in [0.29, 0.717) is 18.0 Å². The summed E-state index contributed by atoms with van der Waals surface area (Å²) < 4.78 is 34.7. The summed E-state index contributed by atoms with van der Waals surface area (Å²) in [7, 11) is -2.64. The standard InChI is InChI=1S/C28H32BrN3O5S/c1-5-30-28(34)21(3)31(18-22-7-6-8-23(29)17-22)27(33)19-32(24-11-9-20(2)10-12-24)38(35,36)26-15-13-25(37-4)14-16-26/h6-17,21H,5,18-19H2,1-4H3,(H,30,34)/t21-/m0/s1. The normalized spacial score (nSPS) is 11.9. The molecule has 0 saturated carbocycles. The van der Waals surface area contributed by atoms with Gasteiger partial charge in [0, 0.05) is 17.6 Å². The van der Waals surface area contributed by atoms with Gasteiger partial charge in [0.1, 0.15) is 18.3 Å². The second-order valence-electron chi connectivity index (χ2n) is 8.74. The number of hydrogen-bond donors (Lipinski definition) is 1. The van der Waals surface area contributed by atoms with Crippen LogP contribution in [-0.4, -0.2) is 51.4 Å². The van der Waals surface area contributed by atoms with Crippen molar-refractivity contribution < 1.29 is 22.7 Å². The molecule has 38 heavy (non-hydrogen) atoms. The number of methoxy groups -OCH3 is 1. The van der Waals surface area contributed by atoms with Gasteiger partial charge in [0.2, 0.25) is 11.8 Å². The average Bonchev–Trinajstić information content (AvgIpc) is 2.90. The zero-order valence-corrected chi connectivity index (χ0v) is 24.3. The van der Waals surface area contributed by atoms with E-state index in [2.05, 4.69) is 21.2 Å². The molecule has 0 unspecified atom stereocenters. The highest BCUT2D eigenvalue weighted by molar-refractivity contribution is 9.10. The minimum atomic E-state index is -4.13. The summed E-state index contributed by atoms with van der Waals surface area (Å²) in [5.74, 6) is -0.324. The van der Waals surface area contributed by atoms with Crippen LogP contribution in [0.5, 0.6) is 5.75 Å². The highest BCUT2D eigenvalue weighted by Crippen LogP contribution is 2.26. The molecule has 0 aliphatic rings. The van der Waals surface area contributed by atoms with Gasteiger partial charge >= 0.3 is 0 Å². The quantitative estimate of drug-likeness (QED) is 0.349. The van der Waals surface area contributed by atoms with Crippen LogP contribution in [0.1, 0.15) is 25.0 Å². The number of rotatable bonds is 11. The molecule has 1 N–H and O–H groups in total. The number of ether oxygens (including phenoxy) is 1. The van der Waals surface area contributed by atoms with E-state index < -0.39 is 28.5 Å². The average molecular weight is 603 g/mol. The Morgan fingerprint density at radius 3 is 2.26 bits per heavy atom. The Kier molecular flexibility index (Phi) is 9.93. The van der Waals surface area contributed by atoms with Crippen LogP contribution in [0.3, 0.4) is 0 Å². The second-order valence-corrected chi connectivity index (χ2v) is 11.5. The highest BCUT2D eigenvalue weighted by Gasteiger charge is 2.32. The van der Waals surface area contributed by atoms with Gasteiger partial charge in [-0.2, -0.15) is 0 Å². The molecule has 3 aromatic carbocycles. The Morgan fingerprint density at radius 2 is 1.68 bits per heavy atom. The second kappa shape index (κ2) is 12.9. The summed E-state index contributed by atoms with van der Waals surface area (Å²) in [4.78, 5) is 28.0. The Labute approximate surface area is 232 Å². The first kappa shape index (κ1) is 29.2. The summed E-state index contributed by atoms with van der Waals surface area (Å²) in [6.07, 6.45) is 0. The number of sulfonamides is 1. The maximum Gasteiger partial charge on any atom is 0.264 e. The van der Waals surface area contributed by atoms with Crippen LogP contribution in [-0.2, 0) is 26.2 Å². The molecule has 0 aromatic heterocycles. The van der Waals surface area contributed by atoms with Gasteiger partial charge in [0.25, 0.3) is 10.0 Å². The Bertz CT molecular complexity index is 1360. The number of carbonyl (C=O) groups is 2. The fourth-order valence-corrected chi connectivity index (χ4v) is 5.71. The van der Waals surface area contributed by atoms with Gasteiger partial charge in [0.05, 0.1) is 17.7 Å². The minimum Gasteiger partial charge on any atom is -0.497 e. The lowest BCUT2D eigenvalue weighted by molar-refractivity contribution is -0.139. The molecule has 0 aliphatic carbocycles. The first-order valence-corrected chi connectivity index (χ1v) is 14.3. The van der Waals surface area contributed by atoms with Crippen molar-refractivity contribution in [2.45, 2.75) is 38.3 Å². The molecule has 3 aromatic rings. The SMILES string of the molecule is CCNC(=O)[C@H](C)N(Cc1cccc(Br)c1)C(=O)CN(c1ccc(C)cc1)S(=O)(=O)c1ccc(OC)cc1. The van der Waals surface area contributed by atoms with E-state index in [1.807, 2.05) is 31.2 Å². The highest BCUT2D eigenvalue weighted by atomic mass is 79.9. The van der Waals surface area contributed by atoms with E-state index >= 15 is 0 Å². The predicted octanol–water partition coefficient (Wildman–Crippen LogP) is 4.51. The summed E-state index contributed by atoms with van der Waals surface area (Å²) in [5.41, 5.74) is 2.08. The smallest absolute Gasteiger partial charge is 0.264 e. The number of amides is 2. The van der Waals surface area contributed by atoms with Crippen LogP contribution >= 0.6 is 15.9 Å². The molecule has 1 atom stereocenters. The molecule has 8 nitrogen and oxygen atoms in total. The van der Waals surface area contributed by atoms with Crippen molar-refractivity contribution in [3.05, 3.63) is 88.4 Å². The van der Waals surface area contributed by atoms with E-state index in [0.717, 1.165) is 19.9 Å². The van der Waals surface area contributed by atoms with Crippen LogP contribution in [0.15, 0.2) is 82.2 Å². The molecule has 0 saturated heterocycles. The zero-order chi connectivity index (χ0) is 27.9. The van der Waals surface area contributed by atoms with Gasteiger partial charge in [0.15, 0.2) is 0 Å². The third-order valence-corrected chi connectivity index (χ3v) is 8.29. The van der Waals surface area contributed by atoms with E-state index in [1.54, 1.807) is 50.2 Å². The Morgan fingerprint density at radius 1 is 1.03 bits per heavy atom. The maximum absolute atomic E-state index is 13.8. The van der Waals surface area contributed by atoms with Gasteiger partial charge < -0.3 is 15.0 Å². The van der Waals surface area contributed by atoms with Gasteiger partial charge in [-0.05, 0) is 74.9 Å². The number of benzene rings is 3. The van der Waals surface area contributed by atoms with Gasteiger partial charge in [-0.15, -0.1) is 0 Å². The Hall–Kier alpha value is -3.37. The molecular formula is C28H32BrN3O5S. The first-order valence-electron chi connectivity index (χ1n) is 12.1. The predicted molar refractivity (Wildman–Crippen MR) is 152 cm³/mol. The minimum absolute atomic E-state index is 0.0157. The third-order valence-electron chi connectivity index (χ3n) is 6.01. The van der Waals surface area contributed by atoms with E-state index in [9.17, 15) is 18.0 Å². The third kappa shape index (κ3) is 7.14. The van der Waals surface area contributed by atoms with Crippen molar-refractivity contribution >= 4 is 43.5 Å². The topological polar surface area (TPSA) is 96.0 Å². The molecule has 2 amide bonds. The van der Waals surface area contributed by atoms with Crippen LogP contribution in [0, 0.1) is 6.92 Å². The van der Waals surface area contributed by atoms with Crippen molar-refractivity contribution in [2.75, 3.05) is 24.5 Å². The maximum atomic E-state index is 13.8. The van der Waals surface area contributed by atoms with Crippen molar-refractivity contribution in [2.24, 2.45) is 0 Å². The molecule has 0 aliphatic heterocycles. The molecule has 3 rings (SSSR count). The van der Waals surface area contributed by atoms with Crippen molar-refractivity contribution in [3.63, 3.8) is 0 Å². The monoisotopic (exact) mass is 601 g/mol. The first-order chi connectivity index (χ1) is 18.1. The number of aryl methyl sites for hydroxylation is 1. The molecule has 0 heterocycles. The number of nitrogens with zero attached hydrogens (tertiary/aromatic N) is 2. The van der Waals surface area contributed by atoms with Crippen LogP contribution in [0.4, 0.5) is 5.69 Å². The molecule has 10 heteroatoms. The van der Waals surface area contributed by atoms with Crippen LogP contribution < -0.4 is 14.4 Å². The summed E-state index contributed by atoms with van der Waals surface area (Å²) >= 11 is 3.44. The fourth-order valence-electron chi connectivity index (χ4n) is 3.85. The summed E-state index contributed by atoms with van der Waals surface area (Å²) in [6, 6.07) is 19.5. The lowest BCUT2D eigenvalue weighted by Crippen LogP contribution is -2.51. The number of anilines is 1. The number of hydrogen-bond acceptors (Lipinski definition) is 5. The van der Waals surface area contributed by atoms with Gasteiger partial charge in [-0.1, -0.05) is 45.8 Å². The largest absolute Gasteiger partial charge is 0.497 e. The van der Waals surface area contributed by atoms with Gasteiger partial charge in [-0.25, -0.2) is 8.42 Å². The van der Waals surface area contributed by atoms with E-state index in [-0.39, 0.29) is 17.3 Å². The molecular weight excluding hydrogens is 570 g/mol. The van der Waals surface area contributed by atoms with Crippen molar-refractivity contribution in [3.8, 4) is 5.75 Å². The van der Waals surface area contributed by atoms with Crippen LogP contribution in [0.25, 0.3) is 0 Å². The zero-order valence-electron chi connectivity index (χ0n) is 21.8. The van der Waals surface area contributed by atoms with E-state index in [4.69, 9.17) is 4.74 Å². The van der Waals surface area contributed by atoms with Crippen molar-refractivity contribution in [1.29, 1.82) is 0 Å². The summed E-state index contributed by atoms with van der Waals surface area (Å²) in [6.45, 7) is 5.37. The molecule has 0 radical (unpaired) electrons. The number of nitrogens with one attached hydrogen (secondary N) is 1. The van der Waals surface area contributed by atoms with Crippen LogP contribution in [0.2, 0.25) is 0 Å². The number of likely N-dealkylation sites (N-methyl/N-ethyl adjacent to an activating group) is 1. The van der Waals surface area contributed by atoms with Gasteiger partial charge in [-0.3, -0.25) is 13.9 Å². The molecule has 0 fully saturated rings. The number of carbonyl (C=O) groups excluding carboxylic acids is 2. The van der Waals surface area contributed by atoms with E-state index in [1.165, 1.54) is 24.1 Å². The molecule has 202 valence electrons. The summed E-state index contributed by atoms with van der Waals surface area (Å²) in [5, 5.41) is 2.75. The molecule has 0 spiro atoms. The fraction of sp³-hybridized carbons (Fsp3) is 0.286. The van der Waals surface area contributed by atoms with Crippen molar-refractivity contribution in [1.82, 2.24) is 10.2 Å².